The second kappa shape index (κ2) is 10.4. The van der Waals surface area contributed by atoms with Crippen molar-refractivity contribution in [3.8, 4) is 0 Å². The summed E-state index contributed by atoms with van der Waals surface area (Å²) in [5.74, 6) is -0.255. The molecule has 0 radical (unpaired) electrons. The van der Waals surface area contributed by atoms with Crippen molar-refractivity contribution in [3.63, 3.8) is 0 Å². The van der Waals surface area contributed by atoms with Crippen LogP contribution in [0.3, 0.4) is 0 Å². The predicted molar refractivity (Wildman–Crippen MR) is 106 cm³/mol. The molecule has 26 heavy (non-hydrogen) atoms. The molecular weight excluding hydrogens is 324 g/mol. The Bertz CT molecular complexity index is 680. The number of carbonyl (C=O) groups is 2. The lowest BCUT2D eigenvalue weighted by atomic mass is 10.1. The number of rotatable bonds is 9. The van der Waals surface area contributed by atoms with Crippen molar-refractivity contribution in [1.29, 1.82) is 0 Å². The van der Waals surface area contributed by atoms with Gasteiger partial charge in [0, 0.05) is 18.8 Å². The van der Waals surface area contributed by atoms with E-state index in [-0.39, 0.29) is 18.2 Å². The van der Waals surface area contributed by atoms with Gasteiger partial charge in [-0.2, -0.15) is 0 Å². The fraction of sp³-hybridized carbons (Fsp3) is 0.364. The first kappa shape index (κ1) is 19.7. The van der Waals surface area contributed by atoms with Crippen LogP contribution < -0.4 is 4.90 Å². The van der Waals surface area contributed by atoms with Gasteiger partial charge in [0.05, 0.1) is 6.54 Å². The van der Waals surface area contributed by atoms with Crippen LogP contribution in [0, 0.1) is 0 Å². The Morgan fingerprint density at radius 1 is 0.769 bits per heavy atom. The third kappa shape index (κ3) is 5.73. The molecule has 0 unspecified atom stereocenters. The number of amides is 2. The fourth-order valence-corrected chi connectivity index (χ4v) is 2.94. The lowest BCUT2D eigenvalue weighted by molar-refractivity contribution is -0.135. The highest BCUT2D eigenvalue weighted by Gasteiger charge is 2.22. The highest BCUT2D eigenvalue weighted by Crippen LogP contribution is 2.18. The van der Waals surface area contributed by atoms with Crippen molar-refractivity contribution >= 4 is 17.5 Å². The fourth-order valence-electron chi connectivity index (χ4n) is 2.94. The molecule has 0 spiro atoms. The zero-order valence-corrected chi connectivity index (χ0v) is 15.7. The average Bonchev–Trinajstić information content (AvgIpc) is 2.67. The molecule has 0 aliphatic rings. The van der Waals surface area contributed by atoms with Crippen LogP contribution in [0.2, 0.25) is 0 Å². The third-order valence-electron chi connectivity index (χ3n) is 4.19. The topological polar surface area (TPSA) is 40.6 Å². The van der Waals surface area contributed by atoms with Crippen molar-refractivity contribution in [2.45, 2.75) is 39.7 Å². The molecule has 4 nitrogen and oxygen atoms in total. The van der Waals surface area contributed by atoms with E-state index in [0.717, 1.165) is 24.1 Å². The number of anilines is 1. The van der Waals surface area contributed by atoms with Gasteiger partial charge in [-0.05, 0) is 30.5 Å². The minimum Gasteiger partial charge on any atom is -0.342 e. The Labute approximate surface area is 156 Å². The van der Waals surface area contributed by atoms with Crippen LogP contribution in [0.1, 0.15) is 38.7 Å². The van der Waals surface area contributed by atoms with E-state index in [1.807, 2.05) is 74.5 Å². The summed E-state index contributed by atoms with van der Waals surface area (Å²) in [6.07, 6.45) is 1.69. The zero-order chi connectivity index (χ0) is 18.8. The minimum atomic E-state index is -0.165. The number of nitrogens with zero attached hydrogens (tertiary/aromatic N) is 2. The van der Waals surface area contributed by atoms with Gasteiger partial charge in [-0.3, -0.25) is 9.59 Å². The summed E-state index contributed by atoms with van der Waals surface area (Å²) in [4.78, 5) is 29.0. The van der Waals surface area contributed by atoms with Gasteiger partial charge in [-0.15, -0.1) is 0 Å². The van der Waals surface area contributed by atoms with Crippen LogP contribution >= 0.6 is 0 Å². The molecule has 0 saturated carbocycles. The summed E-state index contributed by atoms with van der Waals surface area (Å²) in [5, 5.41) is 0. The Hall–Kier alpha value is -2.62. The van der Waals surface area contributed by atoms with Gasteiger partial charge >= 0.3 is 0 Å². The summed E-state index contributed by atoms with van der Waals surface area (Å²) in [7, 11) is 0. The number of carbonyl (C=O) groups excluding carboxylic acids is 2. The molecule has 138 valence electrons. The first-order valence-corrected chi connectivity index (χ1v) is 9.32. The number of para-hydroxylation sites is 1. The van der Waals surface area contributed by atoms with Crippen LogP contribution in [0.15, 0.2) is 60.7 Å². The van der Waals surface area contributed by atoms with Gasteiger partial charge in [-0.1, -0.05) is 62.4 Å². The van der Waals surface area contributed by atoms with E-state index in [2.05, 4.69) is 0 Å². The molecule has 2 aromatic carbocycles. The molecule has 0 N–H and O–H groups in total. The van der Waals surface area contributed by atoms with E-state index in [9.17, 15) is 9.59 Å². The highest BCUT2D eigenvalue weighted by molar-refractivity contribution is 6.04. The molecule has 0 atom stereocenters. The number of hydrogen-bond donors (Lipinski definition) is 0. The first-order valence-electron chi connectivity index (χ1n) is 9.32. The van der Waals surface area contributed by atoms with E-state index in [4.69, 9.17) is 0 Å². The Morgan fingerprint density at radius 2 is 1.31 bits per heavy atom. The molecule has 0 aromatic heterocycles. The molecule has 2 amide bonds. The van der Waals surface area contributed by atoms with Gasteiger partial charge in [0.25, 0.3) is 0 Å². The summed E-state index contributed by atoms with van der Waals surface area (Å²) in [5.41, 5.74) is 1.85. The van der Waals surface area contributed by atoms with Crippen molar-refractivity contribution in [1.82, 2.24) is 4.90 Å². The zero-order valence-electron chi connectivity index (χ0n) is 15.7. The highest BCUT2D eigenvalue weighted by atomic mass is 16.2. The second-order valence-corrected chi connectivity index (χ2v) is 6.36. The molecule has 0 heterocycles. The molecule has 0 aliphatic carbocycles. The Morgan fingerprint density at radius 3 is 1.85 bits per heavy atom. The van der Waals surface area contributed by atoms with Gasteiger partial charge < -0.3 is 9.80 Å². The lowest BCUT2D eigenvalue weighted by Crippen LogP contribution is -2.38. The van der Waals surface area contributed by atoms with E-state index in [1.54, 1.807) is 9.80 Å². The monoisotopic (exact) mass is 352 g/mol. The van der Waals surface area contributed by atoms with E-state index < -0.39 is 0 Å². The van der Waals surface area contributed by atoms with Crippen LogP contribution in [-0.2, 0) is 16.1 Å². The van der Waals surface area contributed by atoms with Crippen LogP contribution in [-0.4, -0.2) is 29.8 Å². The van der Waals surface area contributed by atoms with Crippen LogP contribution in [0.4, 0.5) is 5.69 Å². The van der Waals surface area contributed by atoms with Crippen molar-refractivity contribution in [2.24, 2.45) is 0 Å². The molecule has 2 aromatic rings. The molecule has 0 aliphatic heterocycles. The van der Waals surface area contributed by atoms with E-state index in [1.165, 1.54) is 0 Å². The SMILES string of the molecule is CCCN(CCC)C(=O)CC(=O)N(Cc1ccccc1)c1ccccc1. The molecule has 0 bridgehead atoms. The third-order valence-corrected chi connectivity index (χ3v) is 4.19. The van der Waals surface area contributed by atoms with Crippen LogP contribution in [0.25, 0.3) is 0 Å². The van der Waals surface area contributed by atoms with Gasteiger partial charge in [0.1, 0.15) is 6.42 Å². The summed E-state index contributed by atoms with van der Waals surface area (Å²) in [6, 6.07) is 19.4. The van der Waals surface area contributed by atoms with Crippen molar-refractivity contribution in [3.05, 3.63) is 66.2 Å². The maximum atomic E-state index is 12.9. The maximum absolute atomic E-state index is 12.9. The number of benzene rings is 2. The van der Waals surface area contributed by atoms with Crippen molar-refractivity contribution in [2.75, 3.05) is 18.0 Å². The number of hydrogen-bond acceptors (Lipinski definition) is 2. The normalized spacial score (nSPS) is 10.4. The molecule has 0 fully saturated rings. The largest absolute Gasteiger partial charge is 0.342 e. The first-order chi connectivity index (χ1) is 12.7. The molecule has 4 heteroatoms. The quantitative estimate of drug-likeness (QED) is 0.633. The summed E-state index contributed by atoms with van der Waals surface area (Å²) < 4.78 is 0. The molecular formula is C22H28N2O2. The van der Waals surface area contributed by atoms with E-state index >= 15 is 0 Å². The molecule has 0 saturated heterocycles. The van der Waals surface area contributed by atoms with E-state index in [0.29, 0.717) is 19.6 Å². The minimum absolute atomic E-state index is 0.0901. The van der Waals surface area contributed by atoms with Gasteiger partial charge in [-0.25, -0.2) is 0 Å². The average molecular weight is 352 g/mol. The second-order valence-electron chi connectivity index (χ2n) is 6.36. The predicted octanol–water partition coefficient (Wildman–Crippen LogP) is 4.26. The van der Waals surface area contributed by atoms with Gasteiger partial charge in [0.2, 0.25) is 11.8 Å². The van der Waals surface area contributed by atoms with Crippen molar-refractivity contribution < 1.29 is 9.59 Å². The summed E-state index contributed by atoms with van der Waals surface area (Å²) >= 11 is 0. The Balaban J connectivity index is 2.16. The standard InChI is InChI=1S/C22H28N2O2/c1-3-15-23(16-4-2)21(25)17-22(26)24(20-13-9-6-10-14-20)18-19-11-7-5-8-12-19/h5-14H,3-4,15-18H2,1-2H3. The van der Waals surface area contributed by atoms with Gasteiger partial charge in [0.15, 0.2) is 0 Å². The summed E-state index contributed by atoms with van der Waals surface area (Å²) in [6.45, 7) is 5.94. The maximum Gasteiger partial charge on any atom is 0.236 e. The molecule has 2 rings (SSSR count). The van der Waals surface area contributed by atoms with Crippen LogP contribution in [0.5, 0.6) is 0 Å². The lowest BCUT2D eigenvalue weighted by Gasteiger charge is -2.26. The smallest absolute Gasteiger partial charge is 0.236 e. The Kier molecular flexibility index (Phi) is 7.87.